The Kier molecular flexibility index (Phi) is 6.27. The summed E-state index contributed by atoms with van der Waals surface area (Å²) in [7, 11) is 0. The number of halogens is 3. The Morgan fingerprint density at radius 2 is 1.75 bits per heavy atom. The third-order valence-electron chi connectivity index (χ3n) is 5.46. The average molecular weight is 398 g/mol. The molecule has 2 amide bonds. The highest BCUT2D eigenvalue weighted by Gasteiger charge is 2.38. The van der Waals surface area contributed by atoms with Crippen molar-refractivity contribution in [2.75, 3.05) is 13.1 Å². The molecule has 0 radical (unpaired) electrons. The number of hydrogen-bond donors (Lipinski definition) is 2. The molecule has 2 saturated carbocycles. The summed E-state index contributed by atoms with van der Waals surface area (Å²) in [5.74, 6) is -4.63. The second-order valence-electron chi connectivity index (χ2n) is 7.77. The van der Waals surface area contributed by atoms with Crippen LogP contribution in [0.1, 0.15) is 50.2 Å². The van der Waals surface area contributed by atoms with Crippen LogP contribution in [0.4, 0.5) is 13.2 Å². The zero-order chi connectivity index (χ0) is 20.3. The molecule has 0 heterocycles. The van der Waals surface area contributed by atoms with E-state index in [1.165, 1.54) is 29.2 Å². The first-order chi connectivity index (χ1) is 13.2. The standard InChI is InChI=1S/C20H25F3N2O3/c21-15-3-1-14(2-4-15)17(26)12-25(16-5-6-16)19(28)18(27)24-11-13-7-9-20(22,23)10-8-13/h1-4,13,16-17,26H,5-12H2,(H,24,27). The van der Waals surface area contributed by atoms with Crippen LogP contribution >= 0.6 is 0 Å². The van der Waals surface area contributed by atoms with Gasteiger partial charge in [-0.1, -0.05) is 12.1 Å². The highest BCUT2D eigenvalue weighted by molar-refractivity contribution is 6.35. The van der Waals surface area contributed by atoms with E-state index < -0.39 is 29.7 Å². The molecule has 1 aromatic carbocycles. The molecule has 5 nitrogen and oxygen atoms in total. The van der Waals surface area contributed by atoms with Gasteiger partial charge in [0.1, 0.15) is 5.82 Å². The molecular formula is C20H25F3N2O3. The Labute approximate surface area is 161 Å². The van der Waals surface area contributed by atoms with Gasteiger partial charge in [0.05, 0.1) is 12.6 Å². The number of nitrogens with zero attached hydrogens (tertiary/aromatic N) is 1. The molecule has 2 N–H and O–H groups in total. The van der Waals surface area contributed by atoms with Crippen molar-refractivity contribution in [2.24, 2.45) is 5.92 Å². The van der Waals surface area contributed by atoms with E-state index in [0.29, 0.717) is 18.4 Å². The molecular weight excluding hydrogens is 373 g/mol. The zero-order valence-electron chi connectivity index (χ0n) is 15.5. The SMILES string of the molecule is O=C(NCC1CCC(F)(F)CC1)C(=O)N(CC(O)c1ccc(F)cc1)C1CC1. The van der Waals surface area contributed by atoms with E-state index in [-0.39, 0.29) is 37.9 Å². The van der Waals surface area contributed by atoms with Crippen molar-refractivity contribution < 1.29 is 27.9 Å². The summed E-state index contributed by atoms with van der Waals surface area (Å²) in [4.78, 5) is 26.2. The van der Waals surface area contributed by atoms with E-state index >= 15 is 0 Å². The molecule has 0 spiro atoms. The van der Waals surface area contributed by atoms with Gasteiger partial charge in [0, 0.05) is 25.4 Å². The van der Waals surface area contributed by atoms with Gasteiger partial charge in [-0.25, -0.2) is 13.2 Å². The van der Waals surface area contributed by atoms with Gasteiger partial charge in [0.15, 0.2) is 0 Å². The first-order valence-corrected chi connectivity index (χ1v) is 9.65. The number of aliphatic hydroxyl groups excluding tert-OH is 1. The van der Waals surface area contributed by atoms with Crippen molar-refractivity contribution in [2.45, 2.75) is 56.6 Å². The Morgan fingerprint density at radius 1 is 1.14 bits per heavy atom. The predicted molar refractivity (Wildman–Crippen MR) is 96.0 cm³/mol. The van der Waals surface area contributed by atoms with Crippen LogP contribution in [-0.4, -0.2) is 46.9 Å². The first-order valence-electron chi connectivity index (χ1n) is 9.65. The fourth-order valence-corrected chi connectivity index (χ4v) is 3.51. The van der Waals surface area contributed by atoms with E-state index in [2.05, 4.69) is 5.32 Å². The molecule has 0 saturated heterocycles. The Bertz CT molecular complexity index is 697. The largest absolute Gasteiger partial charge is 0.387 e. The third kappa shape index (κ3) is 5.47. The predicted octanol–water partition coefficient (Wildman–Crippen LogP) is 2.79. The van der Waals surface area contributed by atoms with E-state index in [1.807, 2.05) is 0 Å². The Morgan fingerprint density at radius 3 is 2.32 bits per heavy atom. The number of alkyl halides is 2. The number of benzene rings is 1. The van der Waals surface area contributed by atoms with E-state index in [4.69, 9.17) is 0 Å². The van der Waals surface area contributed by atoms with Gasteiger partial charge in [0.2, 0.25) is 5.92 Å². The summed E-state index contributed by atoms with van der Waals surface area (Å²) in [6.07, 6.45) is 0.728. The van der Waals surface area contributed by atoms with Crippen LogP contribution < -0.4 is 5.32 Å². The van der Waals surface area contributed by atoms with Gasteiger partial charge < -0.3 is 15.3 Å². The summed E-state index contributed by atoms with van der Waals surface area (Å²) < 4.78 is 39.4. The maximum Gasteiger partial charge on any atom is 0.312 e. The van der Waals surface area contributed by atoms with Crippen LogP contribution in [-0.2, 0) is 9.59 Å². The Hall–Kier alpha value is -2.09. The summed E-state index contributed by atoms with van der Waals surface area (Å²) in [6.45, 7) is 0.137. The van der Waals surface area contributed by atoms with Gasteiger partial charge in [-0.05, 0) is 49.3 Å². The molecule has 28 heavy (non-hydrogen) atoms. The fraction of sp³-hybridized carbons (Fsp3) is 0.600. The molecule has 1 atom stereocenters. The third-order valence-corrected chi connectivity index (χ3v) is 5.46. The maximum atomic E-state index is 13.2. The molecule has 2 fully saturated rings. The molecule has 0 aromatic heterocycles. The first kappa shape index (κ1) is 20.6. The number of carbonyl (C=O) groups is 2. The van der Waals surface area contributed by atoms with Crippen LogP contribution in [0.25, 0.3) is 0 Å². The summed E-state index contributed by atoms with van der Waals surface area (Å²) >= 11 is 0. The number of rotatable bonds is 6. The minimum absolute atomic E-state index is 0.0573. The number of nitrogens with one attached hydrogen (secondary N) is 1. The van der Waals surface area contributed by atoms with Gasteiger partial charge in [-0.3, -0.25) is 9.59 Å². The minimum Gasteiger partial charge on any atom is -0.387 e. The van der Waals surface area contributed by atoms with Crippen molar-refractivity contribution in [3.8, 4) is 0 Å². The van der Waals surface area contributed by atoms with E-state index in [9.17, 15) is 27.9 Å². The molecule has 3 rings (SSSR count). The van der Waals surface area contributed by atoms with Crippen LogP contribution in [0.15, 0.2) is 24.3 Å². The van der Waals surface area contributed by atoms with Gasteiger partial charge in [-0.2, -0.15) is 0 Å². The summed E-state index contributed by atoms with van der Waals surface area (Å²) in [6, 6.07) is 5.23. The quantitative estimate of drug-likeness (QED) is 0.724. The van der Waals surface area contributed by atoms with Crippen LogP contribution in [0, 0.1) is 11.7 Å². The number of hydrogen-bond acceptors (Lipinski definition) is 3. The second kappa shape index (κ2) is 8.51. The van der Waals surface area contributed by atoms with Crippen molar-refractivity contribution in [3.63, 3.8) is 0 Å². The highest BCUT2D eigenvalue weighted by Crippen LogP contribution is 2.35. The molecule has 0 bridgehead atoms. The molecule has 0 aliphatic heterocycles. The lowest BCUT2D eigenvalue weighted by Crippen LogP contribution is -2.47. The van der Waals surface area contributed by atoms with Crippen LogP contribution in [0.5, 0.6) is 0 Å². The van der Waals surface area contributed by atoms with Gasteiger partial charge in [-0.15, -0.1) is 0 Å². The second-order valence-corrected chi connectivity index (χ2v) is 7.77. The molecule has 1 unspecified atom stereocenters. The van der Waals surface area contributed by atoms with E-state index in [1.54, 1.807) is 0 Å². The van der Waals surface area contributed by atoms with Crippen molar-refractivity contribution >= 4 is 11.8 Å². The average Bonchev–Trinajstić information content (AvgIpc) is 3.50. The number of amides is 2. The fourth-order valence-electron chi connectivity index (χ4n) is 3.51. The van der Waals surface area contributed by atoms with Crippen molar-refractivity contribution in [3.05, 3.63) is 35.6 Å². The number of carbonyl (C=O) groups excluding carboxylic acids is 2. The molecule has 2 aliphatic carbocycles. The summed E-state index contributed by atoms with van der Waals surface area (Å²) in [5.41, 5.74) is 0.461. The lowest BCUT2D eigenvalue weighted by Gasteiger charge is -2.29. The maximum absolute atomic E-state index is 13.2. The Balaban J connectivity index is 1.52. The summed E-state index contributed by atoms with van der Waals surface area (Å²) in [5, 5.41) is 12.9. The lowest BCUT2D eigenvalue weighted by atomic mass is 9.87. The highest BCUT2D eigenvalue weighted by atomic mass is 19.3. The molecule has 1 aromatic rings. The topological polar surface area (TPSA) is 69.6 Å². The number of aliphatic hydroxyl groups is 1. The smallest absolute Gasteiger partial charge is 0.312 e. The lowest BCUT2D eigenvalue weighted by molar-refractivity contribution is -0.147. The normalized spacial score (nSPS) is 20.4. The van der Waals surface area contributed by atoms with Crippen LogP contribution in [0.2, 0.25) is 0 Å². The van der Waals surface area contributed by atoms with E-state index in [0.717, 1.165) is 12.8 Å². The molecule has 154 valence electrons. The minimum atomic E-state index is -2.63. The van der Waals surface area contributed by atoms with Crippen LogP contribution in [0.3, 0.4) is 0 Å². The van der Waals surface area contributed by atoms with Gasteiger partial charge >= 0.3 is 11.8 Å². The van der Waals surface area contributed by atoms with Gasteiger partial charge in [0.25, 0.3) is 0 Å². The monoisotopic (exact) mass is 398 g/mol. The molecule has 8 heteroatoms. The molecule has 2 aliphatic rings. The zero-order valence-corrected chi connectivity index (χ0v) is 15.5. The van der Waals surface area contributed by atoms with Crippen molar-refractivity contribution in [1.29, 1.82) is 0 Å². The van der Waals surface area contributed by atoms with Crippen molar-refractivity contribution in [1.82, 2.24) is 10.2 Å².